The minimum atomic E-state index is -5.33. The van der Waals surface area contributed by atoms with Crippen LogP contribution in [-0.4, -0.2) is 158 Å². The Morgan fingerprint density at radius 1 is 0.420 bits per heavy atom. The maximum atomic E-state index is 12.6. The molecule has 2 N–H and O–H groups in total. The van der Waals surface area contributed by atoms with Crippen LogP contribution in [0.25, 0.3) is 21.5 Å². The van der Waals surface area contributed by atoms with Crippen LogP contribution in [0.2, 0.25) is 0 Å². The maximum Gasteiger partial charge on any atom is 1.00 e. The quantitative estimate of drug-likeness (QED) is 0.0276. The standard InChI is InChI=1S/2C20H21N3O14S4.3K.3Na/c2*1-23(38(25,26)8-7-37-41(33,34)35)13-4-3-12-9-18(40(30,31)32)19(20(24)15(12)10-13)22-21-16-6-5-14(36-2)11-17(16)39(27,28)29;;;;;;/h2*3-6,9-11,24H,7-8H2,1-2H3,(H,27,28,29)(H,30,31,32)(H,33,34,35);;;;;;/q;;6*+1/p-6. The Labute approximate surface area is 698 Å². The fourth-order valence-electron chi connectivity index (χ4n) is 6.72. The molecule has 6 aromatic rings. The average molecular weight is 1490 g/mol. The predicted octanol–water partition coefficient (Wildman–Crippen LogP) is -15.9. The predicted molar refractivity (Wildman–Crippen MR) is 273 cm³/mol. The Bertz CT molecular complexity index is 4280. The van der Waals surface area contributed by atoms with Gasteiger partial charge in [0.15, 0.2) is 11.5 Å². The number of azo groups is 2. The minimum Gasteiger partial charge on any atom is -0.744 e. The van der Waals surface area contributed by atoms with E-state index >= 15 is 0 Å². The van der Waals surface area contributed by atoms with Crippen LogP contribution < -0.4 is 261 Å². The van der Waals surface area contributed by atoms with Crippen molar-refractivity contribution in [2.75, 3.05) is 61.6 Å². The van der Waals surface area contributed by atoms with Crippen LogP contribution in [0.3, 0.4) is 0 Å². The van der Waals surface area contributed by atoms with Crippen molar-refractivity contribution < 1.29 is 366 Å². The molecule has 88 heavy (non-hydrogen) atoms. The van der Waals surface area contributed by atoms with E-state index in [9.17, 15) is 105 Å². The van der Waals surface area contributed by atoms with Gasteiger partial charge in [-0.05, 0) is 83.6 Å². The zero-order valence-electron chi connectivity index (χ0n) is 47.4. The van der Waals surface area contributed by atoms with E-state index in [0.29, 0.717) is 8.61 Å². The van der Waals surface area contributed by atoms with Gasteiger partial charge in [-0.25, -0.2) is 67.3 Å². The van der Waals surface area contributed by atoms with Gasteiger partial charge >= 0.3 is 243 Å². The van der Waals surface area contributed by atoms with E-state index in [1.807, 2.05) is 0 Å². The summed E-state index contributed by atoms with van der Waals surface area (Å²) in [5.74, 6) is -3.91. The first-order chi connectivity index (χ1) is 37.5. The summed E-state index contributed by atoms with van der Waals surface area (Å²) in [6.45, 7) is -1.97. The van der Waals surface area contributed by atoms with E-state index in [4.69, 9.17) is 9.47 Å². The summed E-state index contributed by atoms with van der Waals surface area (Å²) in [6, 6.07) is 14.4. The van der Waals surface area contributed by atoms with Crippen LogP contribution in [0.1, 0.15) is 0 Å². The molecule has 6 rings (SSSR count). The summed E-state index contributed by atoms with van der Waals surface area (Å²) in [7, 11) is -35.4. The zero-order valence-corrected chi connectivity index (χ0v) is 69.3. The van der Waals surface area contributed by atoms with E-state index in [1.165, 1.54) is 26.4 Å². The minimum absolute atomic E-state index is 0. The Balaban J connectivity index is 0. The van der Waals surface area contributed by atoms with Gasteiger partial charge in [0.25, 0.3) is 0 Å². The number of rotatable bonds is 22. The second-order valence-corrected chi connectivity index (χ2v) is 27.6. The van der Waals surface area contributed by atoms with Gasteiger partial charge in [-0.1, -0.05) is 12.1 Å². The molecule has 48 heteroatoms. The SMILES string of the molecule is COc1ccc(N=Nc2c(S(=O)(=O)[O-])cc3ccc(N(C)S(=O)(=O)CCOS(=O)(=O)[O-])cc3c2O)c(S(=O)(=O)[O-])c1.COc1ccc(N=Nc2c(S(=O)(=O)[O-])cc3ccc(N(C)S(=O)(=O)CCOS(=O)(=O)[O-])cc3c2O)c(S(=O)(=O)[O-])c1.[K+].[K+].[K+].[Na+].[Na+].[Na+]. The number of fused-ring (bicyclic) bond motifs is 2. The molecule has 0 heterocycles. The summed E-state index contributed by atoms with van der Waals surface area (Å²) >= 11 is 0. The Morgan fingerprint density at radius 3 is 0.977 bits per heavy atom. The third kappa shape index (κ3) is 25.5. The van der Waals surface area contributed by atoms with Crippen molar-refractivity contribution in [3.05, 3.63) is 84.9 Å². The van der Waals surface area contributed by atoms with Crippen LogP contribution in [0.15, 0.2) is 125 Å². The third-order valence-electron chi connectivity index (χ3n) is 10.7. The summed E-state index contributed by atoms with van der Waals surface area (Å²) in [6.07, 6.45) is 0. The molecule has 448 valence electrons. The maximum absolute atomic E-state index is 12.6. The Morgan fingerprint density at radius 2 is 0.716 bits per heavy atom. The average Bonchev–Trinajstić information content (AvgIpc) is 3.38. The number of ether oxygens (including phenoxy) is 2. The molecule has 0 aliphatic rings. The van der Waals surface area contributed by atoms with Crippen molar-refractivity contribution in [1.29, 1.82) is 0 Å². The first kappa shape index (κ1) is 91.1. The molecule has 6 aromatic carbocycles. The number of anilines is 2. The van der Waals surface area contributed by atoms with Crippen LogP contribution in [0.5, 0.6) is 23.0 Å². The van der Waals surface area contributed by atoms with E-state index < -0.39 is 160 Å². The monoisotopic (exact) mass is 1490 g/mol. The number of hydrogen-bond donors (Lipinski definition) is 2. The summed E-state index contributed by atoms with van der Waals surface area (Å²) < 4.78 is 274. The molecular weight excluding hydrogens is 1460 g/mol. The molecule has 34 nitrogen and oxygen atoms in total. The number of aromatic hydroxyl groups is 2. The molecule has 0 saturated heterocycles. The molecule has 0 aliphatic heterocycles. The van der Waals surface area contributed by atoms with Crippen LogP contribution in [0.4, 0.5) is 34.1 Å². The first-order valence-electron chi connectivity index (χ1n) is 21.3. The Hall–Kier alpha value is 1.03. The van der Waals surface area contributed by atoms with Crippen LogP contribution in [0, 0.1) is 0 Å². The molecule has 0 bridgehead atoms. The van der Waals surface area contributed by atoms with Crippen LogP contribution >= 0.6 is 0 Å². The normalized spacial score (nSPS) is 12.2. The largest absolute Gasteiger partial charge is 1.00 e. The summed E-state index contributed by atoms with van der Waals surface area (Å²) in [4.78, 5) is -3.96. The number of nitrogens with zero attached hydrogens (tertiary/aromatic N) is 6. The fraction of sp³-hybridized carbons (Fsp3) is 0.200. The van der Waals surface area contributed by atoms with Crippen molar-refractivity contribution in [2.45, 2.75) is 19.6 Å². The van der Waals surface area contributed by atoms with Crippen molar-refractivity contribution in [1.82, 2.24) is 0 Å². The molecule has 0 fully saturated rings. The molecular formula is C40H36K3N6Na3O28S8. The smallest absolute Gasteiger partial charge is 0.744 e. The molecule has 0 amide bonds. The molecule has 0 atom stereocenters. The Kier molecular flexibility index (Phi) is 37.9. The van der Waals surface area contributed by atoms with Gasteiger partial charge in [0.05, 0.1) is 69.9 Å². The molecule has 0 aliphatic carbocycles. The molecule has 0 saturated carbocycles. The molecule has 0 aromatic heterocycles. The van der Waals surface area contributed by atoms with Gasteiger partial charge in [-0.2, -0.15) is 0 Å². The van der Waals surface area contributed by atoms with E-state index in [2.05, 4.69) is 28.8 Å². The third-order valence-corrected chi connectivity index (χ3v) is 18.5. The summed E-state index contributed by atoms with van der Waals surface area (Å²) in [5.41, 5.74) is -3.36. The number of hydrogen-bond acceptors (Lipinski definition) is 32. The molecule has 0 radical (unpaired) electrons. The van der Waals surface area contributed by atoms with Crippen LogP contribution in [-0.2, 0) is 89.7 Å². The summed E-state index contributed by atoms with van der Waals surface area (Å²) in [5, 5.41) is 35.3. The van der Waals surface area contributed by atoms with Gasteiger partial charge in [-0.3, -0.25) is 17.0 Å². The van der Waals surface area contributed by atoms with E-state index in [1.54, 1.807) is 0 Å². The number of methoxy groups -OCH3 is 2. The van der Waals surface area contributed by atoms with Gasteiger partial charge in [0.2, 0.25) is 40.8 Å². The van der Waals surface area contributed by atoms with Gasteiger partial charge in [0, 0.05) is 24.9 Å². The van der Waals surface area contributed by atoms with Gasteiger partial charge in [-0.15, -0.1) is 20.5 Å². The number of benzene rings is 6. The number of sulfonamides is 2. The van der Waals surface area contributed by atoms with Gasteiger partial charge < -0.3 is 47.0 Å². The van der Waals surface area contributed by atoms with Gasteiger partial charge in [0.1, 0.15) is 74.7 Å². The zero-order chi connectivity index (χ0) is 61.9. The first-order valence-corrected chi connectivity index (χ1v) is 32.8. The van der Waals surface area contributed by atoms with E-state index in [0.717, 1.165) is 86.9 Å². The van der Waals surface area contributed by atoms with Crippen molar-refractivity contribution >= 4 is 137 Å². The van der Waals surface area contributed by atoms with Crippen molar-refractivity contribution in [3.8, 4) is 23.0 Å². The van der Waals surface area contributed by atoms with Crippen molar-refractivity contribution in [3.63, 3.8) is 0 Å². The number of phenols is 2. The second kappa shape index (κ2) is 36.6. The van der Waals surface area contributed by atoms with E-state index in [-0.39, 0.29) is 287 Å². The molecule has 0 unspecified atom stereocenters. The second-order valence-electron chi connectivity index (χ2n) is 15.9. The fourth-order valence-corrected chi connectivity index (χ4v) is 12.1. The number of phenolic OH excluding ortho intramolecular Hbond substituents is 2. The van der Waals surface area contributed by atoms with Crippen molar-refractivity contribution in [2.24, 2.45) is 20.5 Å². The molecule has 0 spiro atoms. The topological polar surface area (TPSA) is 545 Å².